The second-order valence-corrected chi connectivity index (χ2v) is 7.57. The van der Waals surface area contributed by atoms with E-state index < -0.39 is 0 Å². The van der Waals surface area contributed by atoms with Gasteiger partial charge in [0.15, 0.2) is 0 Å². The van der Waals surface area contributed by atoms with Crippen LogP contribution in [0.3, 0.4) is 0 Å². The Kier molecular flexibility index (Phi) is 4.43. The van der Waals surface area contributed by atoms with E-state index in [0.717, 1.165) is 37.2 Å². The molecule has 1 amide bonds. The van der Waals surface area contributed by atoms with Crippen LogP contribution < -0.4 is 10.2 Å². The van der Waals surface area contributed by atoms with Crippen LogP contribution in [0.25, 0.3) is 0 Å². The van der Waals surface area contributed by atoms with Crippen molar-refractivity contribution in [2.75, 3.05) is 23.3 Å². The van der Waals surface area contributed by atoms with Crippen LogP contribution in [0.5, 0.6) is 0 Å². The summed E-state index contributed by atoms with van der Waals surface area (Å²) in [5.74, 6) is 0.0838. The Bertz CT molecular complexity index is 744. The molecule has 3 nitrogen and oxygen atoms in total. The SMILES string of the molecule is O=C(Nc1ccc(N2CCCCC2)cc1)C1(c2ccc(Cl)cc2)CC1. The Morgan fingerprint density at radius 3 is 2.16 bits per heavy atom. The van der Waals surface area contributed by atoms with Gasteiger partial charge in [-0.05, 0) is 74.1 Å². The van der Waals surface area contributed by atoms with Gasteiger partial charge in [0.1, 0.15) is 0 Å². The van der Waals surface area contributed by atoms with Crippen LogP contribution in [0.15, 0.2) is 48.5 Å². The Balaban J connectivity index is 1.44. The molecule has 1 saturated carbocycles. The zero-order valence-electron chi connectivity index (χ0n) is 14.3. The molecule has 25 heavy (non-hydrogen) atoms. The number of carbonyl (C=O) groups excluding carboxylic acids is 1. The fourth-order valence-electron chi connectivity index (χ4n) is 3.70. The van der Waals surface area contributed by atoms with Gasteiger partial charge in [-0.3, -0.25) is 4.79 Å². The molecule has 1 aliphatic carbocycles. The van der Waals surface area contributed by atoms with Crippen molar-refractivity contribution in [3.05, 3.63) is 59.1 Å². The minimum atomic E-state index is -0.379. The summed E-state index contributed by atoms with van der Waals surface area (Å²) in [5, 5.41) is 3.80. The van der Waals surface area contributed by atoms with Crippen LogP contribution in [0, 0.1) is 0 Å². The Morgan fingerprint density at radius 1 is 0.920 bits per heavy atom. The van der Waals surface area contributed by atoms with Crippen molar-refractivity contribution in [1.82, 2.24) is 0 Å². The highest BCUT2D eigenvalue weighted by Crippen LogP contribution is 2.49. The quantitative estimate of drug-likeness (QED) is 0.837. The topological polar surface area (TPSA) is 32.3 Å². The van der Waals surface area contributed by atoms with E-state index in [0.29, 0.717) is 5.02 Å². The van der Waals surface area contributed by atoms with Gasteiger partial charge in [0.05, 0.1) is 5.41 Å². The van der Waals surface area contributed by atoms with E-state index >= 15 is 0 Å². The van der Waals surface area contributed by atoms with Gasteiger partial charge in [0, 0.05) is 29.5 Å². The molecule has 1 heterocycles. The monoisotopic (exact) mass is 354 g/mol. The smallest absolute Gasteiger partial charge is 0.235 e. The summed E-state index contributed by atoms with van der Waals surface area (Å²) in [6, 6.07) is 15.9. The number of hydrogen-bond acceptors (Lipinski definition) is 2. The molecule has 0 spiro atoms. The third kappa shape index (κ3) is 3.38. The normalized spacial score (nSPS) is 18.7. The first-order valence-corrected chi connectivity index (χ1v) is 9.48. The minimum Gasteiger partial charge on any atom is -0.372 e. The van der Waals surface area contributed by atoms with Crippen molar-refractivity contribution in [1.29, 1.82) is 0 Å². The van der Waals surface area contributed by atoms with Crippen LogP contribution in [0.1, 0.15) is 37.7 Å². The zero-order valence-corrected chi connectivity index (χ0v) is 15.1. The molecule has 130 valence electrons. The van der Waals surface area contributed by atoms with Crippen LogP contribution in [-0.2, 0) is 10.2 Å². The van der Waals surface area contributed by atoms with Crippen LogP contribution in [0.2, 0.25) is 5.02 Å². The number of hydrogen-bond donors (Lipinski definition) is 1. The second kappa shape index (κ2) is 6.72. The summed E-state index contributed by atoms with van der Waals surface area (Å²) in [5.41, 5.74) is 2.79. The van der Waals surface area contributed by atoms with Gasteiger partial charge in [-0.2, -0.15) is 0 Å². The highest BCUT2D eigenvalue weighted by Gasteiger charge is 2.51. The van der Waals surface area contributed by atoms with Crippen molar-refractivity contribution in [2.24, 2.45) is 0 Å². The zero-order chi connectivity index (χ0) is 17.3. The number of halogens is 1. The van der Waals surface area contributed by atoms with E-state index in [1.807, 2.05) is 36.4 Å². The lowest BCUT2D eigenvalue weighted by Gasteiger charge is -2.29. The lowest BCUT2D eigenvalue weighted by atomic mass is 9.95. The molecule has 1 saturated heterocycles. The first kappa shape index (κ1) is 16.5. The maximum atomic E-state index is 12.8. The first-order valence-electron chi connectivity index (χ1n) is 9.10. The molecule has 2 aliphatic rings. The standard InChI is InChI=1S/C21H23ClN2O/c22-17-6-4-16(5-7-17)21(12-13-21)20(25)23-18-8-10-19(11-9-18)24-14-2-1-3-15-24/h4-11H,1-3,12-15H2,(H,23,25). The van der Waals surface area contributed by atoms with Crippen molar-refractivity contribution in [2.45, 2.75) is 37.5 Å². The van der Waals surface area contributed by atoms with Gasteiger partial charge in [-0.25, -0.2) is 0 Å². The molecule has 0 radical (unpaired) electrons. The van der Waals surface area contributed by atoms with Gasteiger partial charge in [0.25, 0.3) is 0 Å². The van der Waals surface area contributed by atoms with Gasteiger partial charge < -0.3 is 10.2 Å². The Morgan fingerprint density at radius 2 is 1.56 bits per heavy atom. The molecule has 0 aromatic heterocycles. The van der Waals surface area contributed by atoms with E-state index in [4.69, 9.17) is 11.6 Å². The average molecular weight is 355 g/mol. The van der Waals surface area contributed by atoms with Crippen LogP contribution in [-0.4, -0.2) is 19.0 Å². The summed E-state index contributed by atoms with van der Waals surface area (Å²) in [6.45, 7) is 2.26. The molecule has 0 unspecified atom stereocenters. The number of anilines is 2. The van der Waals surface area contributed by atoms with E-state index in [1.165, 1.54) is 24.9 Å². The molecule has 4 rings (SSSR count). The summed E-state index contributed by atoms with van der Waals surface area (Å²) >= 11 is 5.97. The number of rotatable bonds is 4. The highest BCUT2D eigenvalue weighted by molar-refractivity contribution is 6.30. The Hall–Kier alpha value is -2.00. The van der Waals surface area contributed by atoms with Crippen molar-refractivity contribution < 1.29 is 4.79 Å². The fourth-order valence-corrected chi connectivity index (χ4v) is 3.83. The molecule has 2 aromatic rings. The molecule has 2 aromatic carbocycles. The van der Waals surface area contributed by atoms with Crippen molar-refractivity contribution in [3.63, 3.8) is 0 Å². The maximum Gasteiger partial charge on any atom is 0.235 e. The summed E-state index contributed by atoms with van der Waals surface area (Å²) in [7, 11) is 0. The largest absolute Gasteiger partial charge is 0.372 e. The summed E-state index contributed by atoms with van der Waals surface area (Å²) in [6.07, 6.45) is 5.65. The number of carbonyl (C=O) groups is 1. The number of piperidine rings is 1. The lowest BCUT2D eigenvalue weighted by molar-refractivity contribution is -0.118. The van der Waals surface area contributed by atoms with Crippen molar-refractivity contribution in [3.8, 4) is 0 Å². The molecular formula is C21H23ClN2O. The first-order chi connectivity index (χ1) is 12.2. The van der Waals surface area contributed by atoms with Gasteiger partial charge >= 0.3 is 0 Å². The molecule has 0 bridgehead atoms. The van der Waals surface area contributed by atoms with Gasteiger partial charge in [-0.1, -0.05) is 23.7 Å². The minimum absolute atomic E-state index is 0.0838. The van der Waals surface area contributed by atoms with Crippen LogP contribution >= 0.6 is 11.6 Å². The lowest BCUT2D eigenvalue weighted by Crippen LogP contribution is -2.29. The predicted octanol–water partition coefficient (Wildman–Crippen LogP) is 5.00. The van der Waals surface area contributed by atoms with E-state index in [9.17, 15) is 4.79 Å². The van der Waals surface area contributed by atoms with Crippen molar-refractivity contribution >= 4 is 28.9 Å². The fraction of sp³-hybridized carbons (Fsp3) is 0.381. The number of nitrogens with one attached hydrogen (secondary N) is 1. The molecule has 2 fully saturated rings. The average Bonchev–Trinajstić information content (AvgIpc) is 3.46. The second-order valence-electron chi connectivity index (χ2n) is 7.14. The third-order valence-electron chi connectivity index (χ3n) is 5.43. The van der Waals surface area contributed by atoms with Gasteiger partial charge in [-0.15, -0.1) is 0 Å². The third-order valence-corrected chi connectivity index (χ3v) is 5.68. The van der Waals surface area contributed by atoms with Gasteiger partial charge in [0.2, 0.25) is 5.91 Å². The Labute approximate surface area is 154 Å². The number of nitrogens with zero attached hydrogens (tertiary/aromatic N) is 1. The molecule has 1 aliphatic heterocycles. The molecule has 1 N–H and O–H groups in total. The molecule has 4 heteroatoms. The van der Waals surface area contributed by atoms with Crippen LogP contribution in [0.4, 0.5) is 11.4 Å². The summed E-state index contributed by atoms with van der Waals surface area (Å²) < 4.78 is 0. The number of amides is 1. The predicted molar refractivity (Wildman–Crippen MR) is 103 cm³/mol. The highest BCUT2D eigenvalue weighted by atomic mass is 35.5. The van der Waals surface area contributed by atoms with E-state index in [1.54, 1.807) is 0 Å². The number of benzene rings is 2. The van der Waals surface area contributed by atoms with E-state index in [2.05, 4.69) is 22.3 Å². The maximum absolute atomic E-state index is 12.8. The molecule has 0 atom stereocenters. The molecular weight excluding hydrogens is 332 g/mol. The van der Waals surface area contributed by atoms with E-state index in [-0.39, 0.29) is 11.3 Å². The summed E-state index contributed by atoms with van der Waals surface area (Å²) in [4.78, 5) is 15.2.